The third-order valence-electron chi connectivity index (χ3n) is 4.90. The Morgan fingerprint density at radius 2 is 1.79 bits per heavy atom. The van der Waals surface area contributed by atoms with Gasteiger partial charge in [-0.05, 0) is 44.0 Å². The molecule has 1 heterocycles. The van der Waals surface area contributed by atoms with Gasteiger partial charge in [0.15, 0.2) is 0 Å². The van der Waals surface area contributed by atoms with Gasteiger partial charge in [0.2, 0.25) is 10.0 Å². The highest BCUT2D eigenvalue weighted by molar-refractivity contribution is 7.89. The fraction of sp³-hybridized carbons (Fsp3) is 0.350. The first kappa shape index (κ1) is 21.7. The van der Waals surface area contributed by atoms with E-state index in [4.69, 9.17) is 11.6 Å². The molecule has 1 amide bonds. The number of halogens is 3. The second-order valence-electron chi connectivity index (χ2n) is 6.97. The summed E-state index contributed by atoms with van der Waals surface area (Å²) in [6.45, 7) is 2.38. The Kier molecular flexibility index (Phi) is 6.55. The molecule has 2 aromatic carbocycles. The van der Waals surface area contributed by atoms with E-state index in [2.05, 4.69) is 5.32 Å². The Bertz CT molecular complexity index is 1020. The second-order valence-corrected chi connectivity index (χ2v) is 9.28. The van der Waals surface area contributed by atoms with Gasteiger partial charge in [-0.2, -0.15) is 4.31 Å². The number of piperidine rings is 1. The van der Waals surface area contributed by atoms with E-state index in [0.29, 0.717) is 13.1 Å². The van der Waals surface area contributed by atoms with E-state index < -0.39 is 33.6 Å². The average molecular weight is 443 g/mol. The molecule has 0 spiro atoms. The molecule has 1 unspecified atom stereocenters. The molecule has 1 saturated heterocycles. The number of hydrogen-bond donors (Lipinski definition) is 1. The van der Waals surface area contributed by atoms with Crippen LogP contribution in [0.2, 0.25) is 5.02 Å². The fourth-order valence-electron chi connectivity index (χ4n) is 3.30. The van der Waals surface area contributed by atoms with Crippen molar-refractivity contribution in [2.75, 3.05) is 13.1 Å². The second kappa shape index (κ2) is 8.77. The number of carbonyl (C=O) groups excluding carboxylic acids is 1. The lowest BCUT2D eigenvalue weighted by atomic mass is 10.1. The van der Waals surface area contributed by atoms with E-state index in [-0.39, 0.29) is 21.0 Å². The lowest BCUT2D eigenvalue weighted by molar-refractivity contribution is 0.0939. The van der Waals surface area contributed by atoms with Crippen LogP contribution in [0.5, 0.6) is 0 Å². The largest absolute Gasteiger partial charge is 0.345 e. The summed E-state index contributed by atoms with van der Waals surface area (Å²) >= 11 is 6.12. The van der Waals surface area contributed by atoms with Crippen molar-refractivity contribution in [2.24, 2.45) is 0 Å². The van der Waals surface area contributed by atoms with Gasteiger partial charge < -0.3 is 5.32 Å². The molecule has 9 heteroatoms. The Morgan fingerprint density at radius 1 is 1.10 bits per heavy atom. The SMILES string of the molecule is CC(NC(=O)c1ccc(Cl)c(S(=O)(=O)N2CCCCC2)c1)c1ccc(F)cc1F. The quantitative estimate of drug-likeness (QED) is 0.751. The number of rotatable bonds is 5. The van der Waals surface area contributed by atoms with Crippen LogP contribution in [0.15, 0.2) is 41.3 Å². The molecule has 0 saturated carbocycles. The van der Waals surface area contributed by atoms with Crippen molar-refractivity contribution in [3.05, 3.63) is 64.2 Å². The number of benzene rings is 2. The van der Waals surface area contributed by atoms with E-state index in [0.717, 1.165) is 31.4 Å². The van der Waals surface area contributed by atoms with Crippen molar-refractivity contribution in [3.8, 4) is 0 Å². The van der Waals surface area contributed by atoms with Crippen molar-refractivity contribution >= 4 is 27.5 Å². The van der Waals surface area contributed by atoms with Gasteiger partial charge >= 0.3 is 0 Å². The minimum Gasteiger partial charge on any atom is -0.345 e. The summed E-state index contributed by atoms with van der Waals surface area (Å²) < 4.78 is 54.3. The summed E-state index contributed by atoms with van der Waals surface area (Å²) in [5.41, 5.74) is 0.203. The zero-order valence-electron chi connectivity index (χ0n) is 15.8. The van der Waals surface area contributed by atoms with Gasteiger partial charge in [0.25, 0.3) is 5.91 Å². The highest BCUT2D eigenvalue weighted by Gasteiger charge is 2.29. The predicted octanol–water partition coefficient (Wildman–Crippen LogP) is 4.28. The maximum Gasteiger partial charge on any atom is 0.251 e. The maximum atomic E-state index is 13.9. The molecule has 1 fully saturated rings. The summed E-state index contributed by atoms with van der Waals surface area (Å²) in [6.07, 6.45) is 2.52. The van der Waals surface area contributed by atoms with Crippen LogP contribution in [0.3, 0.4) is 0 Å². The Hall–Kier alpha value is -2.03. The van der Waals surface area contributed by atoms with Crippen LogP contribution in [-0.2, 0) is 10.0 Å². The lowest BCUT2D eigenvalue weighted by Crippen LogP contribution is -2.36. The van der Waals surface area contributed by atoms with E-state index in [9.17, 15) is 22.0 Å². The summed E-state index contributed by atoms with van der Waals surface area (Å²) in [6, 6.07) is 6.34. The molecule has 1 atom stereocenters. The Labute approximate surface area is 173 Å². The van der Waals surface area contributed by atoms with Gasteiger partial charge in [-0.25, -0.2) is 17.2 Å². The highest BCUT2D eigenvalue weighted by atomic mass is 35.5. The van der Waals surface area contributed by atoms with Crippen molar-refractivity contribution in [1.29, 1.82) is 0 Å². The first-order valence-electron chi connectivity index (χ1n) is 9.25. The number of sulfonamides is 1. The van der Waals surface area contributed by atoms with Crippen LogP contribution in [0.25, 0.3) is 0 Å². The van der Waals surface area contributed by atoms with Crippen molar-refractivity contribution in [2.45, 2.75) is 37.1 Å². The molecular formula is C20H21ClF2N2O3S. The molecule has 0 aliphatic carbocycles. The zero-order chi connectivity index (χ0) is 21.2. The number of hydrogen-bond acceptors (Lipinski definition) is 3. The first-order chi connectivity index (χ1) is 13.7. The molecule has 156 valence electrons. The summed E-state index contributed by atoms with van der Waals surface area (Å²) in [7, 11) is -3.82. The van der Waals surface area contributed by atoms with Crippen molar-refractivity contribution < 1.29 is 22.0 Å². The lowest BCUT2D eigenvalue weighted by Gasteiger charge is -2.26. The molecule has 1 N–H and O–H groups in total. The molecule has 1 aliphatic heterocycles. The predicted molar refractivity (Wildman–Crippen MR) is 106 cm³/mol. The third kappa shape index (κ3) is 4.76. The summed E-state index contributed by atoms with van der Waals surface area (Å²) in [5.74, 6) is -2.08. The van der Waals surface area contributed by atoms with E-state index in [1.54, 1.807) is 6.92 Å². The van der Waals surface area contributed by atoms with Crippen LogP contribution in [-0.4, -0.2) is 31.7 Å². The van der Waals surface area contributed by atoms with Crippen LogP contribution in [0.1, 0.15) is 48.1 Å². The molecule has 0 bridgehead atoms. The molecule has 29 heavy (non-hydrogen) atoms. The molecular weight excluding hydrogens is 422 g/mol. The molecule has 0 aromatic heterocycles. The van der Waals surface area contributed by atoms with Crippen LogP contribution in [0.4, 0.5) is 8.78 Å². The number of nitrogens with one attached hydrogen (secondary N) is 1. The van der Waals surface area contributed by atoms with Gasteiger partial charge in [-0.3, -0.25) is 4.79 Å². The van der Waals surface area contributed by atoms with E-state index in [1.807, 2.05) is 0 Å². The third-order valence-corrected chi connectivity index (χ3v) is 7.28. The molecule has 0 radical (unpaired) electrons. The van der Waals surface area contributed by atoms with Crippen LogP contribution >= 0.6 is 11.6 Å². The van der Waals surface area contributed by atoms with Crippen LogP contribution in [0, 0.1) is 11.6 Å². The van der Waals surface area contributed by atoms with Gasteiger partial charge in [0.1, 0.15) is 16.5 Å². The van der Waals surface area contributed by atoms with Gasteiger partial charge in [-0.1, -0.05) is 24.1 Å². The van der Waals surface area contributed by atoms with Gasteiger partial charge in [0.05, 0.1) is 11.1 Å². The summed E-state index contributed by atoms with van der Waals surface area (Å²) in [4.78, 5) is 12.5. The number of amides is 1. The highest BCUT2D eigenvalue weighted by Crippen LogP contribution is 2.28. The van der Waals surface area contributed by atoms with Crippen molar-refractivity contribution in [3.63, 3.8) is 0 Å². The maximum absolute atomic E-state index is 13.9. The van der Waals surface area contributed by atoms with Gasteiger partial charge in [-0.15, -0.1) is 0 Å². The molecule has 1 aliphatic rings. The average Bonchev–Trinajstić information content (AvgIpc) is 2.68. The standard InChI is InChI=1S/C20H21ClF2N2O3S/c1-13(16-7-6-15(22)12-18(16)23)24-20(26)14-5-8-17(21)19(11-14)29(27,28)25-9-3-2-4-10-25/h5-8,11-13H,2-4,9-10H2,1H3,(H,24,26). The smallest absolute Gasteiger partial charge is 0.251 e. The Morgan fingerprint density at radius 3 is 2.45 bits per heavy atom. The van der Waals surface area contributed by atoms with E-state index >= 15 is 0 Å². The van der Waals surface area contributed by atoms with Gasteiger partial charge in [0, 0.05) is 30.3 Å². The first-order valence-corrected chi connectivity index (χ1v) is 11.1. The number of carbonyl (C=O) groups is 1. The fourth-order valence-corrected chi connectivity index (χ4v) is 5.31. The Balaban J connectivity index is 1.84. The zero-order valence-corrected chi connectivity index (χ0v) is 17.4. The van der Waals surface area contributed by atoms with Crippen molar-refractivity contribution in [1.82, 2.24) is 9.62 Å². The van der Waals surface area contributed by atoms with E-state index in [1.165, 1.54) is 28.6 Å². The summed E-state index contributed by atoms with van der Waals surface area (Å²) in [5, 5.41) is 2.63. The minimum atomic E-state index is -3.82. The monoisotopic (exact) mass is 442 g/mol. The molecule has 3 rings (SSSR count). The number of nitrogens with zero attached hydrogens (tertiary/aromatic N) is 1. The molecule has 2 aromatic rings. The van der Waals surface area contributed by atoms with Crippen LogP contribution < -0.4 is 5.32 Å². The minimum absolute atomic E-state index is 0.0322. The topological polar surface area (TPSA) is 66.5 Å². The molecule has 5 nitrogen and oxygen atoms in total. The normalized spacial score (nSPS) is 16.4.